The molecule has 1 aliphatic heterocycles. The molecule has 37 heavy (non-hydrogen) atoms. The summed E-state index contributed by atoms with van der Waals surface area (Å²) in [6.07, 6.45) is 5.19. The first-order chi connectivity index (χ1) is 17.9. The van der Waals surface area contributed by atoms with Crippen molar-refractivity contribution in [1.29, 1.82) is 0 Å². The first kappa shape index (κ1) is 29.1. The average molecular weight is 540 g/mol. The van der Waals surface area contributed by atoms with Crippen LogP contribution in [0.1, 0.15) is 75.1 Å². The molecule has 0 fully saturated rings. The van der Waals surface area contributed by atoms with Gasteiger partial charge in [-0.1, -0.05) is 75.5 Å². The molecule has 0 bridgehead atoms. The third kappa shape index (κ3) is 7.78. The molecule has 0 saturated carbocycles. The summed E-state index contributed by atoms with van der Waals surface area (Å²) in [5.74, 6) is 1.82. The van der Waals surface area contributed by atoms with Crippen LogP contribution < -0.4 is 10.5 Å². The van der Waals surface area contributed by atoms with Crippen LogP contribution >= 0.6 is 23.4 Å². The number of aryl methyl sites for hydroxylation is 1. The van der Waals surface area contributed by atoms with Gasteiger partial charge in [0.05, 0.1) is 12.8 Å². The lowest BCUT2D eigenvalue weighted by Crippen LogP contribution is -2.14. The van der Waals surface area contributed by atoms with Crippen LogP contribution in [-0.4, -0.2) is 18.5 Å². The molecule has 0 aliphatic carbocycles. The number of benzene rings is 3. The van der Waals surface area contributed by atoms with E-state index in [1.165, 1.54) is 32.7 Å². The number of anilines is 1. The highest BCUT2D eigenvalue weighted by molar-refractivity contribution is 7.99. The number of rotatable bonds is 9. The molecule has 0 spiro atoms. The predicted octanol–water partition coefficient (Wildman–Crippen LogP) is 10.0. The van der Waals surface area contributed by atoms with Crippen LogP contribution in [0.3, 0.4) is 0 Å². The largest absolute Gasteiger partial charge is 0.490 e. The fraction of sp³-hybridized carbons (Fsp3) is 0.375. The zero-order valence-electron chi connectivity index (χ0n) is 22.5. The van der Waals surface area contributed by atoms with Gasteiger partial charge in [-0.05, 0) is 89.9 Å². The molecule has 0 radical (unpaired) electrons. The monoisotopic (exact) mass is 539 g/mol. The van der Waals surface area contributed by atoms with Crippen molar-refractivity contribution < 1.29 is 9.13 Å². The number of fused-ring (bicyclic) bond motifs is 1. The summed E-state index contributed by atoms with van der Waals surface area (Å²) in [6, 6.07) is 21.1. The summed E-state index contributed by atoms with van der Waals surface area (Å²) in [5.41, 5.74) is 14.2. The number of hydrogen-bond donors (Lipinski definition) is 1. The van der Waals surface area contributed by atoms with Crippen LogP contribution in [0.5, 0.6) is 5.75 Å². The van der Waals surface area contributed by atoms with Crippen molar-refractivity contribution in [2.45, 2.75) is 70.8 Å². The van der Waals surface area contributed by atoms with E-state index < -0.39 is 0 Å². The topological polar surface area (TPSA) is 35.2 Å². The van der Waals surface area contributed by atoms with Crippen LogP contribution in [0.2, 0.25) is 5.02 Å². The molecule has 2 nitrogen and oxygen atoms in total. The van der Waals surface area contributed by atoms with Crippen molar-refractivity contribution in [3.8, 4) is 5.75 Å². The number of hydrogen-bond acceptors (Lipinski definition) is 3. The lowest BCUT2D eigenvalue weighted by molar-refractivity contribution is 0.186. The van der Waals surface area contributed by atoms with E-state index in [-0.39, 0.29) is 12.8 Å². The van der Waals surface area contributed by atoms with E-state index in [1.807, 2.05) is 30.8 Å². The van der Waals surface area contributed by atoms with E-state index in [0.29, 0.717) is 0 Å². The quantitative estimate of drug-likeness (QED) is 0.275. The zero-order chi connectivity index (χ0) is 26.8. The van der Waals surface area contributed by atoms with Crippen LogP contribution in [0.15, 0.2) is 65.6 Å². The smallest absolute Gasteiger partial charge is 0.119 e. The van der Waals surface area contributed by atoms with Crippen molar-refractivity contribution in [2.24, 2.45) is 0 Å². The minimum absolute atomic E-state index is 0.156. The number of nitrogen functional groups attached to an aromatic ring is 1. The highest BCUT2D eigenvalue weighted by Gasteiger charge is 2.23. The van der Waals surface area contributed by atoms with Crippen molar-refractivity contribution in [2.75, 3.05) is 18.2 Å². The first-order valence-corrected chi connectivity index (χ1v) is 14.6. The zero-order valence-corrected chi connectivity index (χ0v) is 24.0. The van der Waals surface area contributed by atoms with Crippen molar-refractivity contribution in [3.63, 3.8) is 0 Å². The molecule has 4 rings (SSSR count). The molecule has 1 atom stereocenters. The molecule has 1 heterocycles. The van der Waals surface area contributed by atoms with Crippen LogP contribution in [0, 0.1) is 6.92 Å². The number of unbranched alkanes of at least 4 members (excludes halogenated alkanes) is 1. The molecular weight excluding hydrogens is 501 g/mol. The second kappa shape index (κ2) is 14.5. The summed E-state index contributed by atoms with van der Waals surface area (Å²) in [6.45, 7) is 8.26. The van der Waals surface area contributed by atoms with Gasteiger partial charge < -0.3 is 10.5 Å². The molecule has 0 aromatic heterocycles. The molecule has 198 valence electrons. The average Bonchev–Trinajstić information content (AvgIpc) is 2.90. The molecule has 3 aromatic carbocycles. The number of halogens is 2. The van der Waals surface area contributed by atoms with E-state index in [4.69, 9.17) is 22.1 Å². The normalized spacial score (nSPS) is 13.5. The Labute approximate surface area is 231 Å². The summed E-state index contributed by atoms with van der Waals surface area (Å²) in [4.78, 5) is 1.23. The number of alkyl halides is 1. The molecule has 0 amide bonds. The SMILES string of the molecule is CCCC(CC)Oc1ccc(C2=C(c3ccc(Cl)c(C)c3)CSc3cc(N)ccc32)cc1.CCCCF. The lowest BCUT2D eigenvalue weighted by Gasteiger charge is -2.25. The van der Waals surface area contributed by atoms with Gasteiger partial charge >= 0.3 is 0 Å². The molecule has 1 aliphatic rings. The van der Waals surface area contributed by atoms with Gasteiger partial charge in [0.15, 0.2) is 0 Å². The van der Waals surface area contributed by atoms with Gasteiger partial charge in [0, 0.05) is 21.4 Å². The van der Waals surface area contributed by atoms with Crippen molar-refractivity contribution in [3.05, 3.63) is 87.9 Å². The van der Waals surface area contributed by atoms with Gasteiger partial charge in [0.1, 0.15) is 5.75 Å². The summed E-state index contributed by atoms with van der Waals surface area (Å²) >= 11 is 8.15. The molecular formula is C32H39ClFNOS. The summed E-state index contributed by atoms with van der Waals surface area (Å²) in [5, 5.41) is 0.798. The Morgan fingerprint density at radius 3 is 2.30 bits per heavy atom. The van der Waals surface area contributed by atoms with E-state index >= 15 is 0 Å². The van der Waals surface area contributed by atoms with E-state index in [0.717, 1.165) is 59.9 Å². The van der Waals surface area contributed by atoms with Gasteiger partial charge in [0.25, 0.3) is 0 Å². The van der Waals surface area contributed by atoms with Crippen LogP contribution in [-0.2, 0) is 0 Å². The Hall–Kier alpha value is -2.43. The summed E-state index contributed by atoms with van der Waals surface area (Å²) < 4.78 is 17.2. The maximum atomic E-state index is 11.0. The third-order valence-corrected chi connectivity index (χ3v) is 7.96. The second-order valence-corrected chi connectivity index (χ2v) is 10.8. The maximum absolute atomic E-state index is 11.0. The minimum atomic E-state index is -0.156. The van der Waals surface area contributed by atoms with Gasteiger partial charge in [-0.25, -0.2) is 0 Å². The highest BCUT2D eigenvalue weighted by Crippen LogP contribution is 2.45. The predicted molar refractivity (Wildman–Crippen MR) is 161 cm³/mol. The van der Waals surface area contributed by atoms with Crippen LogP contribution in [0.4, 0.5) is 10.1 Å². The fourth-order valence-electron chi connectivity index (χ4n) is 4.33. The van der Waals surface area contributed by atoms with Gasteiger partial charge in [-0.2, -0.15) is 0 Å². The molecule has 5 heteroatoms. The van der Waals surface area contributed by atoms with Gasteiger partial charge in [-0.15, -0.1) is 11.8 Å². The van der Waals surface area contributed by atoms with Crippen molar-refractivity contribution >= 4 is 40.2 Å². The Bertz CT molecular complexity index is 1190. The minimum Gasteiger partial charge on any atom is -0.490 e. The molecule has 3 aromatic rings. The van der Waals surface area contributed by atoms with E-state index in [2.05, 4.69) is 69.3 Å². The van der Waals surface area contributed by atoms with Gasteiger partial charge in [0.2, 0.25) is 0 Å². The number of ether oxygens (including phenoxy) is 1. The number of nitrogens with two attached hydrogens (primary N) is 1. The standard InChI is InChI=1S/C28H30ClNOS.C4H9F/c1-4-6-22(5-2)31-23-11-7-19(8-12-23)28-24-13-10-21(30)16-27(24)32-17-25(28)20-9-14-26(29)18(3)15-20;1-2-3-4-5/h7-16,22H,4-6,17,30H2,1-3H3;2-4H2,1H3. The molecule has 0 saturated heterocycles. The Morgan fingerprint density at radius 2 is 1.70 bits per heavy atom. The molecule has 1 unspecified atom stereocenters. The number of thioether (sulfide) groups is 1. The van der Waals surface area contributed by atoms with E-state index in [1.54, 1.807) is 0 Å². The first-order valence-electron chi connectivity index (χ1n) is 13.3. The van der Waals surface area contributed by atoms with Crippen molar-refractivity contribution in [1.82, 2.24) is 0 Å². The Morgan fingerprint density at radius 1 is 0.973 bits per heavy atom. The summed E-state index contributed by atoms with van der Waals surface area (Å²) in [7, 11) is 0. The van der Waals surface area contributed by atoms with E-state index in [9.17, 15) is 4.39 Å². The molecule has 2 N–H and O–H groups in total. The Balaban J connectivity index is 0.000000695. The highest BCUT2D eigenvalue weighted by atomic mass is 35.5. The third-order valence-electron chi connectivity index (χ3n) is 6.45. The lowest BCUT2D eigenvalue weighted by atomic mass is 9.89. The second-order valence-electron chi connectivity index (χ2n) is 9.37. The van der Waals surface area contributed by atoms with Crippen LogP contribution in [0.25, 0.3) is 11.1 Å². The maximum Gasteiger partial charge on any atom is 0.119 e. The fourth-order valence-corrected chi connectivity index (χ4v) is 5.61. The Kier molecular flexibility index (Phi) is 11.4. The van der Waals surface area contributed by atoms with Gasteiger partial charge in [-0.3, -0.25) is 4.39 Å².